The van der Waals surface area contributed by atoms with Gasteiger partial charge in [0.15, 0.2) is 11.6 Å². The van der Waals surface area contributed by atoms with Gasteiger partial charge in [0.25, 0.3) is 0 Å². The summed E-state index contributed by atoms with van der Waals surface area (Å²) in [7, 11) is 1.25. The van der Waals surface area contributed by atoms with Crippen LogP contribution < -0.4 is 4.74 Å². The zero-order valence-electron chi connectivity index (χ0n) is 7.81. The Hall–Kier alpha value is -0.690. The first-order valence-electron chi connectivity index (χ1n) is 3.77. The molecule has 0 N–H and O–H groups in total. The monoisotopic (exact) mass is 341 g/mol. The van der Waals surface area contributed by atoms with Crippen molar-refractivity contribution in [2.24, 2.45) is 0 Å². The molecular formula is C8H6Br2FNO3. The van der Waals surface area contributed by atoms with E-state index in [2.05, 4.69) is 31.9 Å². The van der Waals surface area contributed by atoms with Gasteiger partial charge in [0.1, 0.15) is 8.95 Å². The molecule has 0 atom stereocenters. The van der Waals surface area contributed by atoms with Crippen molar-refractivity contribution < 1.29 is 14.1 Å². The van der Waals surface area contributed by atoms with Crippen LogP contribution in [0.3, 0.4) is 0 Å². The molecular weight excluding hydrogens is 337 g/mol. The van der Waals surface area contributed by atoms with E-state index in [9.17, 15) is 14.5 Å². The van der Waals surface area contributed by atoms with Crippen LogP contribution >= 0.6 is 31.9 Å². The lowest BCUT2D eigenvalue weighted by molar-refractivity contribution is -0.386. The number of ether oxygens (including phenoxy) is 1. The fourth-order valence-electron chi connectivity index (χ4n) is 1.08. The molecule has 0 aliphatic heterocycles. The lowest BCUT2D eigenvalue weighted by Crippen LogP contribution is -2.00. The molecule has 0 aromatic heterocycles. The minimum atomic E-state index is -0.623. The summed E-state index contributed by atoms with van der Waals surface area (Å²) in [5.41, 5.74) is -0.104. The van der Waals surface area contributed by atoms with Crippen molar-refractivity contribution in [1.29, 1.82) is 0 Å². The molecule has 0 aliphatic carbocycles. The quantitative estimate of drug-likeness (QED) is 0.609. The summed E-state index contributed by atoms with van der Waals surface area (Å²) >= 11 is 5.92. The SMILES string of the molecule is COc1c(F)c(C)c(Br)c([N+](=O)[O-])c1Br. The van der Waals surface area contributed by atoms with Crippen molar-refractivity contribution in [3.63, 3.8) is 0 Å². The van der Waals surface area contributed by atoms with Gasteiger partial charge in [-0.3, -0.25) is 10.1 Å². The number of benzene rings is 1. The van der Waals surface area contributed by atoms with Crippen LogP contribution in [0.2, 0.25) is 0 Å². The molecule has 4 nitrogen and oxygen atoms in total. The van der Waals surface area contributed by atoms with Gasteiger partial charge in [0.2, 0.25) is 0 Å². The Morgan fingerprint density at radius 3 is 2.33 bits per heavy atom. The third-order valence-electron chi connectivity index (χ3n) is 1.86. The van der Waals surface area contributed by atoms with Crippen LogP contribution in [-0.2, 0) is 0 Å². The summed E-state index contributed by atoms with van der Waals surface area (Å²) in [6.07, 6.45) is 0. The van der Waals surface area contributed by atoms with E-state index in [-0.39, 0.29) is 25.9 Å². The van der Waals surface area contributed by atoms with E-state index >= 15 is 0 Å². The second-order valence-corrected chi connectivity index (χ2v) is 4.29. The molecule has 7 heteroatoms. The van der Waals surface area contributed by atoms with Gasteiger partial charge in [-0.1, -0.05) is 0 Å². The molecule has 82 valence electrons. The summed E-state index contributed by atoms with van der Waals surface area (Å²) in [6, 6.07) is 0. The van der Waals surface area contributed by atoms with Gasteiger partial charge in [-0.2, -0.15) is 0 Å². The van der Waals surface area contributed by atoms with E-state index in [1.165, 1.54) is 14.0 Å². The van der Waals surface area contributed by atoms with Crippen LogP contribution in [0.5, 0.6) is 5.75 Å². The first-order valence-corrected chi connectivity index (χ1v) is 5.35. The molecule has 1 rings (SSSR count). The van der Waals surface area contributed by atoms with Crippen molar-refractivity contribution in [2.75, 3.05) is 7.11 Å². The van der Waals surface area contributed by atoms with E-state index < -0.39 is 10.7 Å². The van der Waals surface area contributed by atoms with E-state index in [0.717, 1.165) is 0 Å². The van der Waals surface area contributed by atoms with Crippen LogP contribution in [0.4, 0.5) is 10.1 Å². The average molecular weight is 343 g/mol. The predicted octanol–water partition coefficient (Wildman–Crippen LogP) is 3.58. The number of halogens is 3. The maximum absolute atomic E-state index is 13.6. The maximum Gasteiger partial charge on any atom is 0.301 e. The van der Waals surface area contributed by atoms with Gasteiger partial charge < -0.3 is 4.74 Å². The largest absolute Gasteiger partial charge is 0.492 e. The minimum absolute atomic E-state index is 0.00928. The molecule has 0 aliphatic rings. The number of nitro groups is 1. The second kappa shape index (κ2) is 4.44. The highest BCUT2D eigenvalue weighted by Gasteiger charge is 2.27. The molecule has 0 heterocycles. The third kappa shape index (κ3) is 1.98. The van der Waals surface area contributed by atoms with Gasteiger partial charge in [0.05, 0.1) is 12.0 Å². The summed E-state index contributed by atoms with van der Waals surface area (Å²) in [5, 5.41) is 10.7. The molecule has 0 amide bonds. The van der Waals surface area contributed by atoms with Crippen molar-refractivity contribution in [2.45, 2.75) is 6.92 Å². The molecule has 1 aromatic carbocycles. The number of rotatable bonds is 2. The summed E-state index contributed by atoms with van der Waals surface area (Å²) in [5.74, 6) is -0.788. The van der Waals surface area contributed by atoms with Gasteiger partial charge >= 0.3 is 5.69 Å². The van der Waals surface area contributed by atoms with Crippen LogP contribution in [0, 0.1) is 22.9 Å². The fraction of sp³-hybridized carbons (Fsp3) is 0.250. The Kier molecular flexibility index (Phi) is 3.67. The summed E-state index contributed by atoms with van der Waals surface area (Å²) in [4.78, 5) is 10.1. The van der Waals surface area contributed by atoms with E-state index in [1.807, 2.05) is 0 Å². The molecule has 15 heavy (non-hydrogen) atoms. The highest BCUT2D eigenvalue weighted by molar-refractivity contribution is 9.11. The second-order valence-electron chi connectivity index (χ2n) is 2.71. The van der Waals surface area contributed by atoms with Gasteiger partial charge in [-0.25, -0.2) is 4.39 Å². The Morgan fingerprint density at radius 2 is 1.93 bits per heavy atom. The van der Waals surface area contributed by atoms with Crippen molar-refractivity contribution >= 4 is 37.5 Å². The lowest BCUT2D eigenvalue weighted by atomic mass is 10.2. The fourth-order valence-corrected chi connectivity index (χ4v) is 2.55. The van der Waals surface area contributed by atoms with E-state index in [4.69, 9.17) is 4.74 Å². The zero-order chi connectivity index (χ0) is 11.7. The predicted molar refractivity (Wildman–Crippen MR) is 59.7 cm³/mol. The lowest BCUT2D eigenvalue weighted by Gasteiger charge is -2.09. The molecule has 0 saturated carbocycles. The molecule has 0 unspecified atom stereocenters. The molecule has 1 aromatic rings. The van der Waals surface area contributed by atoms with Gasteiger partial charge in [0, 0.05) is 5.56 Å². The van der Waals surface area contributed by atoms with Crippen LogP contribution in [0.15, 0.2) is 8.95 Å². The highest BCUT2D eigenvalue weighted by Crippen LogP contribution is 2.43. The Balaban J connectivity index is 3.68. The molecule has 0 spiro atoms. The van der Waals surface area contributed by atoms with Gasteiger partial charge in [-0.05, 0) is 38.8 Å². The third-order valence-corrected chi connectivity index (χ3v) is 3.57. The normalized spacial score (nSPS) is 10.2. The van der Waals surface area contributed by atoms with Crippen molar-refractivity contribution in [3.05, 3.63) is 30.4 Å². The zero-order valence-corrected chi connectivity index (χ0v) is 11.0. The first kappa shape index (κ1) is 12.4. The number of methoxy groups -OCH3 is 1. The molecule has 0 fully saturated rings. The molecule has 0 radical (unpaired) electrons. The Bertz CT molecular complexity index is 437. The maximum atomic E-state index is 13.6. The van der Waals surface area contributed by atoms with Gasteiger partial charge in [-0.15, -0.1) is 0 Å². The van der Waals surface area contributed by atoms with Crippen molar-refractivity contribution in [1.82, 2.24) is 0 Å². The molecule has 0 saturated heterocycles. The summed E-state index contributed by atoms with van der Waals surface area (Å²) < 4.78 is 18.4. The van der Waals surface area contributed by atoms with E-state index in [1.54, 1.807) is 0 Å². The standard InChI is InChI=1S/C8H6Br2FNO3/c1-3-4(9)7(12(13)14)5(10)8(15-2)6(3)11/h1-2H3. The smallest absolute Gasteiger partial charge is 0.301 e. The van der Waals surface area contributed by atoms with Crippen LogP contribution in [0.1, 0.15) is 5.56 Å². The Labute approximate surface area is 102 Å². The number of nitro benzene ring substituents is 1. The number of hydrogen-bond donors (Lipinski definition) is 0. The number of nitrogens with zero attached hydrogens (tertiary/aromatic N) is 1. The minimum Gasteiger partial charge on any atom is -0.492 e. The first-order chi connectivity index (χ1) is 6.91. The highest BCUT2D eigenvalue weighted by atomic mass is 79.9. The van der Waals surface area contributed by atoms with Crippen LogP contribution in [0.25, 0.3) is 0 Å². The van der Waals surface area contributed by atoms with Crippen LogP contribution in [-0.4, -0.2) is 12.0 Å². The number of hydrogen-bond acceptors (Lipinski definition) is 3. The average Bonchev–Trinajstić information content (AvgIpc) is 2.15. The Morgan fingerprint density at radius 1 is 1.40 bits per heavy atom. The van der Waals surface area contributed by atoms with Crippen molar-refractivity contribution in [3.8, 4) is 5.75 Å². The summed E-state index contributed by atoms with van der Waals surface area (Å²) in [6.45, 7) is 1.43. The molecule has 0 bridgehead atoms. The van der Waals surface area contributed by atoms with E-state index in [0.29, 0.717) is 0 Å². The topological polar surface area (TPSA) is 52.4 Å².